The number of carbonyl (C=O) groups is 1. The summed E-state index contributed by atoms with van der Waals surface area (Å²) in [4.78, 5) is 13.5. The molecule has 1 N–H and O–H groups in total. The van der Waals surface area contributed by atoms with Crippen molar-refractivity contribution in [3.8, 4) is 11.1 Å². The van der Waals surface area contributed by atoms with Crippen molar-refractivity contribution >= 4 is 28.8 Å². The molecule has 0 unspecified atom stereocenters. The van der Waals surface area contributed by atoms with Crippen LogP contribution in [0, 0.1) is 5.82 Å². The zero-order valence-electron chi connectivity index (χ0n) is 19.0. The van der Waals surface area contributed by atoms with Gasteiger partial charge in [0, 0.05) is 46.8 Å². The molecule has 2 bridgehead atoms. The second kappa shape index (κ2) is 9.22. The predicted molar refractivity (Wildman–Crippen MR) is 132 cm³/mol. The molecule has 3 aromatic rings. The number of nitrogens with one attached hydrogen (secondary N) is 1. The van der Waals surface area contributed by atoms with Crippen molar-refractivity contribution in [2.45, 2.75) is 43.9 Å². The van der Waals surface area contributed by atoms with E-state index in [2.05, 4.69) is 10.4 Å². The lowest BCUT2D eigenvalue weighted by Gasteiger charge is -2.26. The molecule has 2 aromatic carbocycles. The Labute approximate surface area is 207 Å². The van der Waals surface area contributed by atoms with Crippen LogP contribution in [0.25, 0.3) is 16.7 Å². The van der Waals surface area contributed by atoms with Crippen LogP contribution in [-0.4, -0.2) is 41.1 Å². The summed E-state index contributed by atoms with van der Waals surface area (Å²) in [6, 6.07) is 14.0. The van der Waals surface area contributed by atoms with E-state index in [1.807, 2.05) is 16.8 Å². The van der Waals surface area contributed by atoms with Crippen molar-refractivity contribution in [2.24, 2.45) is 0 Å². The summed E-state index contributed by atoms with van der Waals surface area (Å²) in [6.07, 6.45) is 4.82. The first-order valence-corrected chi connectivity index (χ1v) is 12.3. The van der Waals surface area contributed by atoms with Crippen molar-refractivity contribution in [2.75, 3.05) is 18.5 Å². The van der Waals surface area contributed by atoms with Gasteiger partial charge in [0.15, 0.2) is 0 Å². The summed E-state index contributed by atoms with van der Waals surface area (Å²) in [5.41, 5.74) is 3.82. The Morgan fingerprint density at radius 3 is 2.63 bits per heavy atom. The standard InChI is InChI=1S/C27H25ClFN3O3/c28-20-4-2-1-3-18(20)19-6-5-16(15-21(19)29)31-27(33)26-24-8-7-23(35-24)25(26)22-9-12-30-32(22)17-10-13-34-14-11-17/h1-6,9,12,15,17,23-24H,7-8,10-11,13-14H2,(H,31,33)/t23-,24-/m0/s1. The van der Waals surface area contributed by atoms with Gasteiger partial charge in [0.2, 0.25) is 0 Å². The monoisotopic (exact) mass is 493 g/mol. The van der Waals surface area contributed by atoms with Crippen molar-refractivity contribution in [3.05, 3.63) is 76.8 Å². The van der Waals surface area contributed by atoms with E-state index in [4.69, 9.17) is 21.1 Å². The van der Waals surface area contributed by atoms with Crippen LogP contribution in [0.1, 0.15) is 37.4 Å². The molecule has 3 aliphatic heterocycles. The van der Waals surface area contributed by atoms with Gasteiger partial charge in [-0.1, -0.05) is 29.8 Å². The molecule has 0 radical (unpaired) electrons. The second-order valence-corrected chi connectivity index (χ2v) is 9.56. The third kappa shape index (κ3) is 4.07. The first kappa shape index (κ1) is 22.5. The number of rotatable bonds is 5. The molecular weight excluding hydrogens is 469 g/mol. The quantitative estimate of drug-likeness (QED) is 0.499. The Balaban J connectivity index is 1.30. The van der Waals surface area contributed by atoms with Gasteiger partial charge >= 0.3 is 0 Å². The lowest BCUT2D eigenvalue weighted by Crippen LogP contribution is -2.26. The van der Waals surface area contributed by atoms with Crippen LogP contribution < -0.4 is 5.32 Å². The fourth-order valence-corrected chi connectivity index (χ4v) is 5.66. The minimum atomic E-state index is -0.452. The number of carbonyl (C=O) groups excluding carboxylic acids is 1. The van der Waals surface area contributed by atoms with Gasteiger partial charge in [-0.15, -0.1) is 0 Å². The molecule has 0 saturated carbocycles. The first-order valence-electron chi connectivity index (χ1n) is 12.0. The minimum absolute atomic E-state index is 0.129. The number of benzene rings is 2. The highest BCUT2D eigenvalue weighted by Crippen LogP contribution is 2.45. The molecule has 4 heterocycles. The van der Waals surface area contributed by atoms with Crippen molar-refractivity contribution < 1.29 is 18.7 Å². The van der Waals surface area contributed by atoms with Crippen LogP contribution >= 0.6 is 11.6 Å². The van der Waals surface area contributed by atoms with Gasteiger partial charge in [0.1, 0.15) is 5.82 Å². The third-order valence-corrected chi connectivity index (χ3v) is 7.40. The molecule has 180 valence electrons. The van der Waals surface area contributed by atoms with Crippen LogP contribution in [-0.2, 0) is 14.3 Å². The normalized spacial score (nSPS) is 22.1. The number of fused-ring (bicyclic) bond motifs is 2. The predicted octanol–water partition coefficient (Wildman–Crippen LogP) is 5.65. The summed E-state index contributed by atoms with van der Waals surface area (Å²) < 4.78 is 28.7. The maximum atomic E-state index is 15.0. The Bertz CT molecular complexity index is 1310. The summed E-state index contributed by atoms with van der Waals surface area (Å²) in [7, 11) is 0. The average Bonchev–Trinajstić information content (AvgIpc) is 3.61. The molecule has 3 aliphatic rings. The van der Waals surface area contributed by atoms with E-state index >= 15 is 0 Å². The van der Waals surface area contributed by atoms with Gasteiger partial charge in [0.25, 0.3) is 5.91 Å². The van der Waals surface area contributed by atoms with E-state index in [0.717, 1.165) is 37.0 Å². The Hall–Kier alpha value is -3.00. The number of ether oxygens (including phenoxy) is 2. The molecule has 1 aromatic heterocycles. The number of hydrogen-bond acceptors (Lipinski definition) is 4. The van der Waals surface area contributed by atoms with Crippen molar-refractivity contribution in [3.63, 3.8) is 0 Å². The van der Waals surface area contributed by atoms with E-state index in [1.165, 1.54) is 6.07 Å². The van der Waals surface area contributed by atoms with Gasteiger partial charge in [0.05, 0.1) is 29.5 Å². The smallest absolute Gasteiger partial charge is 0.254 e. The molecule has 35 heavy (non-hydrogen) atoms. The van der Waals surface area contributed by atoms with Gasteiger partial charge < -0.3 is 14.8 Å². The third-order valence-electron chi connectivity index (χ3n) is 7.07. The number of anilines is 1. The summed E-state index contributed by atoms with van der Waals surface area (Å²) in [5.74, 6) is -0.719. The SMILES string of the molecule is O=C(Nc1ccc(-c2ccccc2Cl)c(F)c1)C1=C(c2ccnn2C2CCOCC2)[C@@H]2CC[C@@H]1O2. The zero-order chi connectivity index (χ0) is 23.9. The van der Waals surface area contributed by atoms with E-state index in [0.29, 0.717) is 40.6 Å². The van der Waals surface area contributed by atoms with Crippen LogP contribution in [0.4, 0.5) is 10.1 Å². The molecule has 2 atom stereocenters. The average molecular weight is 494 g/mol. The van der Waals surface area contributed by atoms with E-state index in [-0.39, 0.29) is 24.2 Å². The van der Waals surface area contributed by atoms with Crippen molar-refractivity contribution in [1.82, 2.24) is 9.78 Å². The fraction of sp³-hybridized carbons (Fsp3) is 0.333. The Morgan fingerprint density at radius 1 is 1.03 bits per heavy atom. The topological polar surface area (TPSA) is 65.4 Å². The number of hydrogen-bond donors (Lipinski definition) is 1. The number of halogens is 2. The molecule has 2 saturated heterocycles. The van der Waals surface area contributed by atoms with Crippen LogP contribution in [0.5, 0.6) is 0 Å². The summed E-state index contributed by atoms with van der Waals surface area (Å²) in [5, 5.41) is 7.95. The van der Waals surface area contributed by atoms with Crippen LogP contribution in [0.2, 0.25) is 5.02 Å². The van der Waals surface area contributed by atoms with Crippen LogP contribution in [0.3, 0.4) is 0 Å². The number of amides is 1. The fourth-order valence-electron chi connectivity index (χ4n) is 5.42. The van der Waals surface area contributed by atoms with Gasteiger partial charge in [-0.2, -0.15) is 5.10 Å². The zero-order valence-corrected chi connectivity index (χ0v) is 19.8. The maximum Gasteiger partial charge on any atom is 0.254 e. The van der Waals surface area contributed by atoms with E-state index in [9.17, 15) is 9.18 Å². The summed E-state index contributed by atoms with van der Waals surface area (Å²) in [6.45, 7) is 1.41. The minimum Gasteiger partial charge on any atom is -0.381 e. The summed E-state index contributed by atoms with van der Waals surface area (Å²) >= 11 is 6.24. The molecule has 8 heteroatoms. The highest BCUT2D eigenvalue weighted by molar-refractivity contribution is 6.33. The van der Waals surface area contributed by atoms with Gasteiger partial charge in [-0.05, 0) is 56.0 Å². The first-order chi connectivity index (χ1) is 17.1. The number of aromatic nitrogens is 2. The highest BCUT2D eigenvalue weighted by Gasteiger charge is 2.45. The Kier molecular flexibility index (Phi) is 5.92. The van der Waals surface area contributed by atoms with E-state index in [1.54, 1.807) is 36.5 Å². The molecule has 1 amide bonds. The molecule has 2 fully saturated rings. The molecule has 0 spiro atoms. The van der Waals surface area contributed by atoms with Gasteiger partial charge in [-0.25, -0.2) is 4.39 Å². The maximum absolute atomic E-state index is 15.0. The van der Waals surface area contributed by atoms with Crippen LogP contribution in [0.15, 0.2) is 60.3 Å². The largest absolute Gasteiger partial charge is 0.381 e. The molecule has 6 nitrogen and oxygen atoms in total. The molecule has 6 rings (SSSR count). The highest BCUT2D eigenvalue weighted by atomic mass is 35.5. The lowest BCUT2D eigenvalue weighted by molar-refractivity contribution is -0.113. The number of nitrogens with zero attached hydrogens (tertiary/aromatic N) is 2. The Morgan fingerprint density at radius 2 is 1.83 bits per heavy atom. The molecule has 0 aliphatic carbocycles. The van der Waals surface area contributed by atoms with Gasteiger partial charge in [-0.3, -0.25) is 9.48 Å². The molecular formula is C27H25ClFN3O3. The van der Waals surface area contributed by atoms with Crippen molar-refractivity contribution in [1.29, 1.82) is 0 Å². The van der Waals surface area contributed by atoms with E-state index < -0.39 is 5.82 Å². The lowest BCUT2D eigenvalue weighted by atomic mass is 9.88. The second-order valence-electron chi connectivity index (χ2n) is 9.15.